The number of Topliss-reactive ketones (excluding diaryl/α,β-unsaturated/α-hetero) is 1. The third kappa shape index (κ3) is 2.31. The molecule has 1 heterocycles. The highest BCUT2D eigenvalue weighted by Gasteiger charge is 2.22. The molecule has 0 amide bonds. The number of likely N-dealkylation sites (N-methyl/N-ethyl adjacent to an activating group) is 1. The smallest absolute Gasteiger partial charge is 0.149 e. The molecule has 70 valence electrons. The van der Waals surface area contributed by atoms with Gasteiger partial charge in [0.05, 0.1) is 6.04 Å². The highest BCUT2D eigenvalue weighted by atomic mass is 16.1. The van der Waals surface area contributed by atoms with E-state index in [1.165, 1.54) is 19.3 Å². The van der Waals surface area contributed by atoms with Crippen LogP contribution in [-0.4, -0.2) is 30.3 Å². The zero-order valence-electron chi connectivity index (χ0n) is 8.18. The molecule has 0 bridgehead atoms. The third-order valence-corrected chi connectivity index (χ3v) is 2.74. The first-order valence-electron chi connectivity index (χ1n) is 4.98. The lowest BCUT2D eigenvalue weighted by atomic mass is 10.0. The van der Waals surface area contributed by atoms with Gasteiger partial charge in [-0.3, -0.25) is 9.69 Å². The van der Waals surface area contributed by atoms with Crippen molar-refractivity contribution in [1.82, 2.24) is 4.90 Å². The van der Waals surface area contributed by atoms with Crippen LogP contribution in [-0.2, 0) is 4.79 Å². The Morgan fingerprint density at radius 2 is 2.17 bits per heavy atom. The Bertz CT molecular complexity index is 156. The maximum atomic E-state index is 11.5. The molecule has 0 radical (unpaired) electrons. The lowest BCUT2D eigenvalue weighted by Gasteiger charge is -2.23. The molecule has 1 unspecified atom stereocenters. The van der Waals surface area contributed by atoms with Crippen LogP contribution in [0.1, 0.15) is 39.0 Å². The third-order valence-electron chi connectivity index (χ3n) is 2.74. The van der Waals surface area contributed by atoms with E-state index in [9.17, 15) is 4.79 Å². The Morgan fingerprint density at radius 3 is 2.83 bits per heavy atom. The number of carbonyl (C=O) groups excluding carboxylic acids is 1. The highest BCUT2D eigenvalue weighted by molar-refractivity contribution is 5.83. The Kier molecular flexibility index (Phi) is 3.73. The predicted molar refractivity (Wildman–Crippen MR) is 50.2 cm³/mol. The Labute approximate surface area is 74.9 Å². The number of carbonyl (C=O) groups is 1. The van der Waals surface area contributed by atoms with Crippen LogP contribution in [0.3, 0.4) is 0 Å². The van der Waals surface area contributed by atoms with Gasteiger partial charge < -0.3 is 0 Å². The van der Waals surface area contributed by atoms with E-state index in [0.29, 0.717) is 12.2 Å². The maximum Gasteiger partial charge on any atom is 0.149 e. The Balaban J connectivity index is 2.52. The van der Waals surface area contributed by atoms with Gasteiger partial charge in [-0.15, -0.1) is 0 Å². The quantitative estimate of drug-likeness (QED) is 0.628. The van der Waals surface area contributed by atoms with Gasteiger partial charge in [0.2, 0.25) is 0 Å². The molecule has 0 saturated carbocycles. The summed E-state index contributed by atoms with van der Waals surface area (Å²) in [7, 11) is 2.07. The molecule has 1 fully saturated rings. The number of rotatable bonds is 2. The van der Waals surface area contributed by atoms with Gasteiger partial charge in [0.15, 0.2) is 0 Å². The van der Waals surface area contributed by atoms with Crippen LogP contribution in [0.15, 0.2) is 0 Å². The molecule has 0 aromatic carbocycles. The van der Waals surface area contributed by atoms with E-state index in [0.717, 1.165) is 13.0 Å². The minimum absolute atomic E-state index is 0.220. The van der Waals surface area contributed by atoms with Gasteiger partial charge in [0, 0.05) is 6.42 Å². The molecule has 0 aromatic heterocycles. The summed E-state index contributed by atoms with van der Waals surface area (Å²) in [6.45, 7) is 3.05. The lowest BCUT2D eigenvalue weighted by Crippen LogP contribution is -2.37. The molecular formula is C10H19NO. The first-order chi connectivity index (χ1) is 5.75. The zero-order valence-corrected chi connectivity index (χ0v) is 8.18. The average molecular weight is 169 g/mol. The monoisotopic (exact) mass is 169 g/mol. The van der Waals surface area contributed by atoms with Crippen molar-refractivity contribution in [2.24, 2.45) is 0 Å². The summed E-state index contributed by atoms with van der Waals surface area (Å²) in [5.41, 5.74) is 0. The van der Waals surface area contributed by atoms with Crippen molar-refractivity contribution in [3.05, 3.63) is 0 Å². The van der Waals surface area contributed by atoms with Gasteiger partial charge in [-0.1, -0.05) is 19.8 Å². The van der Waals surface area contributed by atoms with E-state index in [2.05, 4.69) is 11.9 Å². The molecule has 2 nitrogen and oxygen atoms in total. The largest absolute Gasteiger partial charge is 0.298 e. The molecular weight excluding hydrogens is 150 g/mol. The molecule has 0 spiro atoms. The van der Waals surface area contributed by atoms with Gasteiger partial charge in [0.1, 0.15) is 5.78 Å². The summed E-state index contributed by atoms with van der Waals surface area (Å²) in [4.78, 5) is 13.7. The van der Waals surface area contributed by atoms with E-state index >= 15 is 0 Å². The van der Waals surface area contributed by atoms with E-state index in [4.69, 9.17) is 0 Å². The van der Waals surface area contributed by atoms with E-state index < -0.39 is 0 Å². The van der Waals surface area contributed by atoms with Crippen molar-refractivity contribution >= 4 is 5.78 Å². The number of ketones is 1. The second-order valence-electron chi connectivity index (χ2n) is 3.67. The van der Waals surface area contributed by atoms with Gasteiger partial charge in [0.25, 0.3) is 0 Å². The van der Waals surface area contributed by atoms with E-state index in [1.807, 2.05) is 6.92 Å². The standard InChI is InChI=1S/C10H19NO/c1-3-10(12)9-7-5-4-6-8-11(9)2/h9H,3-8H2,1-2H3. The summed E-state index contributed by atoms with van der Waals surface area (Å²) < 4.78 is 0. The van der Waals surface area contributed by atoms with Crippen molar-refractivity contribution in [1.29, 1.82) is 0 Å². The van der Waals surface area contributed by atoms with Crippen LogP contribution in [0.25, 0.3) is 0 Å². The maximum absolute atomic E-state index is 11.5. The zero-order chi connectivity index (χ0) is 8.97. The molecule has 1 saturated heterocycles. The summed E-state index contributed by atoms with van der Waals surface area (Å²) in [5, 5.41) is 0. The van der Waals surface area contributed by atoms with Gasteiger partial charge in [-0.25, -0.2) is 0 Å². The molecule has 1 rings (SSSR count). The average Bonchev–Trinajstić information content (AvgIpc) is 2.28. The second-order valence-corrected chi connectivity index (χ2v) is 3.67. The number of hydrogen-bond acceptors (Lipinski definition) is 2. The van der Waals surface area contributed by atoms with Crippen molar-refractivity contribution in [3.8, 4) is 0 Å². The SMILES string of the molecule is CCC(=O)C1CCCCCN1C. The van der Waals surface area contributed by atoms with Crippen LogP contribution in [0.4, 0.5) is 0 Å². The fourth-order valence-electron chi connectivity index (χ4n) is 1.89. The molecule has 2 heteroatoms. The summed E-state index contributed by atoms with van der Waals surface area (Å²) in [5.74, 6) is 0.416. The van der Waals surface area contributed by atoms with Gasteiger partial charge in [-0.2, -0.15) is 0 Å². The Hall–Kier alpha value is -0.370. The van der Waals surface area contributed by atoms with E-state index in [1.54, 1.807) is 0 Å². The summed E-state index contributed by atoms with van der Waals surface area (Å²) in [6.07, 6.45) is 5.53. The van der Waals surface area contributed by atoms with Crippen molar-refractivity contribution < 1.29 is 4.79 Å². The molecule has 1 atom stereocenters. The topological polar surface area (TPSA) is 20.3 Å². The predicted octanol–water partition coefficient (Wildman–Crippen LogP) is 1.84. The van der Waals surface area contributed by atoms with Gasteiger partial charge >= 0.3 is 0 Å². The highest BCUT2D eigenvalue weighted by Crippen LogP contribution is 2.16. The van der Waals surface area contributed by atoms with Crippen molar-refractivity contribution in [2.45, 2.75) is 45.1 Å². The fraction of sp³-hybridized carbons (Fsp3) is 0.900. The number of nitrogens with zero attached hydrogens (tertiary/aromatic N) is 1. The Morgan fingerprint density at radius 1 is 1.42 bits per heavy atom. The first kappa shape index (κ1) is 9.72. The molecule has 0 aromatic rings. The second kappa shape index (κ2) is 4.61. The van der Waals surface area contributed by atoms with E-state index in [-0.39, 0.29) is 6.04 Å². The lowest BCUT2D eigenvalue weighted by molar-refractivity contribution is -0.123. The van der Waals surface area contributed by atoms with Crippen LogP contribution in [0, 0.1) is 0 Å². The first-order valence-corrected chi connectivity index (χ1v) is 4.98. The van der Waals surface area contributed by atoms with Crippen LogP contribution in [0.2, 0.25) is 0 Å². The molecule has 0 aliphatic carbocycles. The number of likely N-dealkylation sites (tertiary alicyclic amines) is 1. The summed E-state index contributed by atoms with van der Waals surface area (Å²) in [6, 6.07) is 0.220. The summed E-state index contributed by atoms with van der Waals surface area (Å²) >= 11 is 0. The molecule has 1 aliphatic rings. The van der Waals surface area contributed by atoms with Crippen LogP contribution in [0.5, 0.6) is 0 Å². The molecule has 0 N–H and O–H groups in total. The minimum atomic E-state index is 0.220. The van der Waals surface area contributed by atoms with Crippen LogP contribution < -0.4 is 0 Å². The molecule has 12 heavy (non-hydrogen) atoms. The number of hydrogen-bond donors (Lipinski definition) is 0. The normalized spacial score (nSPS) is 26.7. The minimum Gasteiger partial charge on any atom is -0.298 e. The fourth-order valence-corrected chi connectivity index (χ4v) is 1.89. The van der Waals surface area contributed by atoms with Gasteiger partial charge in [-0.05, 0) is 26.4 Å². The van der Waals surface area contributed by atoms with Crippen molar-refractivity contribution in [2.75, 3.05) is 13.6 Å². The van der Waals surface area contributed by atoms with Crippen LogP contribution >= 0.6 is 0 Å². The molecule has 1 aliphatic heterocycles. The van der Waals surface area contributed by atoms with Crippen molar-refractivity contribution in [3.63, 3.8) is 0 Å².